The predicted octanol–water partition coefficient (Wildman–Crippen LogP) is 17.5. The molecular formula is C51H81NO4S2. The van der Waals surface area contributed by atoms with Crippen LogP contribution in [0.1, 0.15) is 224 Å². The van der Waals surface area contributed by atoms with Crippen molar-refractivity contribution in [2.45, 2.75) is 213 Å². The third-order valence-corrected chi connectivity index (χ3v) is 13.7. The van der Waals surface area contributed by atoms with E-state index in [4.69, 9.17) is 14.2 Å². The minimum absolute atomic E-state index is 0.0504. The summed E-state index contributed by atoms with van der Waals surface area (Å²) >= 11 is 3.40. The third-order valence-electron chi connectivity index (χ3n) is 11.7. The fourth-order valence-electron chi connectivity index (χ4n) is 8.14. The number of benzene rings is 1. The molecule has 0 bridgehead atoms. The number of carbonyl (C=O) groups excluding carboxylic acids is 1. The SMILES string of the molecule is CCCCCCCCCCCCOc1cc(C(=O)n2c3ccsc3c3sccc32)cc(OCCCCCCCCCCCC)c1OCCCCCCCCCCCC. The van der Waals surface area contributed by atoms with Crippen LogP contribution in [-0.2, 0) is 0 Å². The molecule has 3 aromatic heterocycles. The van der Waals surface area contributed by atoms with E-state index in [2.05, 4.69) is 43.7 Å². The van der Waals surface area contributed by atoms with E-state index in [1.54, 1.807) is 22.7 Å². The van der Waals surface area contributed by atoms with Crippen LogP contribution >= 0.6 is 22.7 Å². The molecule has 0 atom stereocenters. The monoisotopic (exact) mass is 836 g/mol. The number of aromatic nitrogens is 1. The molecular weight excluding hydrogens is 755 g/mol. The van der Waals surface area contributed by atoms with Gasteiger partial charge >= 0.3 is 0 Å². The molecule has 1 aromatic carbocycles. The molecule has 0 spiro atoms. The molecule has 0 saturated carbocycles. The first-order valence-electron chi connectivity index (χ1n) is 24.3. The second-order valence-corrected chi connectivity index (χ2v) is 18.6. The van der Waals surface area contributed by atoms with E-state index < -0.39 is 0 Å². The molecule has 326 valence electrons. The van der Waals surface area contributed by atoms with Gasteiger partial charge in [0.05, 0.1) is 40.3 Å². The van der Waals surface area contributed by atoms with Crippen LogP contribution in [0.4, 0.5) is 0 Å². The van der Waals surface area contributed by atoms with Crippen molar-refractivity contribution in [1.29, 1.82) is 0 Å². The van der Waals surface area contributed by atoms with Gasteiger partial charge in [0.1, 0.15) is 0 Å². The summed E-state index contributed by atoms with van der Waals surface area (Å²) in [5, 5.41) is 4.17. The summed E-state index contributed by atoms with van der Waals surface area (Å²) in [6, 6.07) is 7.99. The van der Waals surface area contributed by atoms with E-state index in [0.717, 1.165) is 49.6 Å². The van der Waals surface area contributed by atoms with Crippen molar-refractivity contribution in [3.63, 3.8) is 0 Å². The molecule has 4 aromatic rings. The Morgan fingerprint density at radius 3 is 1.10 bits per heavy atom. The summed E-state index contributed by atoms with van der Waals surface area (Å²) in [5.74, 6) is 1.90. The molecule has 0 N–H and O–H groups in total. The molecule has 3 heterocycles. The lowest BCUT2D eigenvalue weighted by atomic mass is 10.1. The van der Waals surface area contributed by atoms with E-state index in [1.165, 1.54) is 163 Å². The molecule has 0 fully saturated rings. The van der Waals surface area contributed by atoms with E-state index >= 15 is 0 Å². The minimum Gasteiger partial charge on any atom is -0.490 e. The minimum atomic E-state index is -0.0504. The Kier molecular flexibility index (Phi) is 25.3. The quantitative estimate of drug-likeness (QED) is 0.0425. The maximum absolute atomic E-state index is 14.5. The Hall–Kier alpha value is -2.51. The Bertz CT molecular complexity index is 1540. The van der Waals surface area contributed by atoms with Crippen LogP contribution in [0, 0.1) is 0 Å². The highest BCUT2D eigenvalue weighted by Crippen LogP contribution is 2.42. The zero-order valence-corrected chi connectivity index (χ0v) is 38.8. The summed E-state index contributed by atoms with van der Waals surface area (Å²) in [4.78, 5) is 14.5. The van der Waals surface area contributed by atoms with Gasteiger partial charge in [0.15, 0.2) is 11.5 Å². The van der Waals surface area contributed by atoms with E-state index in [1.807, 2.05) is 16.7 Å². The van der Waals surface area contributed by atoms with Crippen LogP contribution in [0.5, 0.6) is 17.2 Å². The van der Waals surface area contributed by atoms with E-state index in [0.29, 0.717) is 42.6 Å². The molecule has 7 heteroatoms. The van der Waals surface area contributed by atoms with Crippen LogP contribution < -0.4 is 14.2 Å². The number of unbranched alkanes of at least 4 members (excludes halogenated alkanes) is 27. The van der Waals surface area contributed by atoms with Crippen molar-refractivity contribution >= 4 is 49.0 Å². The second kappa shape index (κ2) is 30.5. The standard InChI is InChI=1S/C51H81NO4S2/c1-4-7-10-13-16-19-22-25-28-31-36-54-46-41-43(51(53)52-44-34-39-57-49(44)50-45(52)35-40-58-50)42-47(55-37-32-29-26-23-20-17-14-11-8-5-2)48(46)56-38-33-30-27-24-21-18-15-12-9-6-3/h34-35,39-42H,4-33,36-38H2,1-3H3. The highest BCUT2D eigenvalue weighted by molar-refractivity contribution is 7.25. The molecule has 58 heavy (non-hydrogen) atoms. The first-order chi connectivity index (χ1) is 28.7. The largest absolute Gasteiger partial charge is 0.490 e. The van der Waals surface area contributed by atoms with E-state index in [-0.39, 0.29) is 5.91 Å². The lowest BCUT2D eigenvalue weighted by Gasteiger charge is -2.19. The van der Waals surface area contributed by atoms with Gasteiger partial charge < -0.3 is 14.2 Å². The van der Waals surface area contributed by atoms with E-state index in [9.17, 15) is 4.79 Å². The van der Waals surface area contributed by atoms with Gasteiger partial charge in [-0.1, -0.05) is 194 Å². The number of ether oxygens (including phenoxy) is 3. The number of carbonyl (C=O) groups is 1. The first kappa shape index (κ1) is 48.2. The van der Waals surface area contributed by atoms with Crippen molar-refractivity contribution in [3.8, 4) is 17.2 Å². The second-order valence-electron chi connectivity index (χ2n) is 16.8. The van der Waals surface area contributed by atoms with Crippen molar-refractivity contribution < 1.29 is 19.0 Å². The fourth-order valence-corrected chi connectivity index (χ4v) is 10.1. The number of rotatable bonds is 37. The van der Waals surface area contributed by atoms with Gasteiger partial charge in [-0.2, -0.15) is 0 Å². The normalized spacial score (nSPS) is 11.6. The van der Waals surface area contributed by atoms with Gasteiger partial charge in [-0.3, -0.25) is 9.36 Å². The summed E-state index contributed by atoms with van der Waals surface area (Å²) in [6.07, 6.45) is 38.4. The maximum Gasteiger partial charge on any atom is 0.263 e. The number of fused-ring (bicyclic) bond motifs is 3. The zero-order chi connectivity index (χ0) is 40.9. The summed E-state index contributed by atoms with van der Waals surface area (Å²) in [7, 11) is 0. The number of hydrogen-bond donors (Lipinski definition) is 0. The predicted molar refractivity (Wildman–Crippen MR) is 253 cm³/mol. The molecule has 0 radical (unpaired) electrons. The van der Waals surface area contributed by atoms with Gasteiger partial charge in [0.25, 0.3) is 5.91 Å². The number of thiophene rings is 2. The Labute approximate surface area is 362 Å². The molecule has 0 aliphatic rings. The fraction of sp³-hybridized carbons (Fsp3) is 0.706. The molecule has 5 nitrogen and oxygen atoms in total. The van der Waals surface area contributed by atoms with Gasteiger partial charge in [-0.25, -0.2) is 0 Å². The Balaban J connectivity index is 1.43. The molecule has 4 rings (SSSR count). The van der Waals surface area contributed by atoms with Gasteiger partial charge in [-0.15, -0.1) is 22.7 Å². The number of hydrogen-bond acceptors (Lipinski definition) is 6. The van der Waals surface area contributed by atoms with Gasteiger partial charge in [-0.05, 0) is 54.3 Å². The number of nitrogens with zero attached hydrogens (tertiary/aromatic N) is 1. The first-order valence-corrected chi connectivity index (χ1v) is 26.0. The Morgan fingerprint density at radius 1 is 0.448 bits per heavy atom. The molecule has 0 aliphatic heterocycles. The van der Waals surface area contributed by atoms with Crippen molar-refractivity contribution in [1.82, 2.24) is 4.57 Å². The van der Waals surface area contributed by atoms with Crippen LogP contribution in [0.15, 0.2) is 35.0 Å². The molecule has 0 saturated heterocycles. The van der Waals surface area contributed by atoms with Crippen LogP contribution in [0.2, 0.25) is 0 Å². The lowest BCUT2D eigenvalue weighted by molar-refractivity contribution is 0.0968. The maximum atomic E-state index is 14.5. The highest BCUT2D eigenvalue weighted by atomic mass is 32.1. The van der Waals surface area contributed by atoms with Gasteiger partial charge in [0.2, 0.25) is 5.75 Å². The summed E-state index contributed by atoms with van der Waals surface area (Å²) in [5.41, 5.74) is 2.52. The molecule has 0 aliphatic carbocycles. The topological polar surface area (TPSA) is 49.7 Å². The smallest absolute Gasteiger partial charge is 0.263 e. The van der Waals surface area contributed by atoms with Crippen molar-refractivity contribution in [2.24, 2.45) is 0 Å². The average Bonchev–Trinajstić information content (AvgIpc) is 3.97. The molecule has 0 amide bonds. The van der Waals surface area contributed by atoms with Crippen LogP contribution in [-0.4, -0.2) is 30.3 Å². The third kappa shape index (κ3) is 17.2. The Morgan fingerprint density at radius 2 is 0.759 bits per heavy atom. The van der Waals surface area contributed by atoms with Crippen LogP contribution in [0.25, 0.3) is 20.4 Å². The lowest BCUT2D eigenvalue weighted by Crippen LogP contribution is -2.13. The zero-order valence-electron chi connectivity index (χ0n) is 37.2. The average molecular weight is 836 g/mol. The van der Waals surface area contributed by atoms with Gasteiger partial charge in [0, 0.05) is 5.56 Å². The summed E-state index contributed by atoms with van der Waals surface area (Å²) in [6.45, 7) is 8.68. The van der Waals surface area contributed by atoms with Crippen molar-refractivity contribution in [3.05, 3.63) is 40.6 Å². The molecule has 0 unspecified atom stereocenters. The summed E-state index contributed by atoms with van der Waals surface area (Å²) < 4.78 is 24.0. The van der Waals surface area contributed by atoms with Crippen molar-refractivity contribution in [2.75, 3.05) is 19.8 Å². The van der Waals surface area contributed by atoms with Crippen LogP contribution in [0.3, 0.4) is 0 Å². The highest BCUT2D eigenvalue weighted by Gasteiger charge is 2.24.